The maximum absolute atomic E-state index is 6.73. The van der Waals surface area contributed by atoms with Gasteiger partial charge in [0.1, 0.15) is 0 Å². The summed E-state index contributed by atoms with van der Waals surface area (Å²) in [7, 11) is 0. The lowest BCUT2D eigenvalue weighted by Gasteiger charge is -2.48. The van der Waals surface area contributed by atoms with Gasteiger partial charge in [-0.15, -0.1) is 0 Å². The van der Waals surface area contributed by atoms with Crippen LogP contribution in [0.1, 0.15) is 78.1 Å². The number of piperidine rings is 1. The summed E-state index contributed by atoms with van der Waals surface area (Å²) < 4.78 is 0. The molecule has 2 atom stereocenters. The molecule has 1 saturated heterocycles. The first-order chi connectivity index (χ1) is 9.19. The van der Waals surface area contributed by atoms with Gasteiger partial charge in [0, 0.05) is 11.6 Å². The second-order valence-electron chi connectivity index (χ2n) is 7.09. The van der Waals surface area contributed by atoms with Crippen molar-refractivity contribution in [3.8, 4) is 0 Å². The van der Waals surface area contributed by atoms with Gasteiger partial charge in [0.15, 0.2) is 0 Å². The Morgan fingerprint density at radius 2 is 1.68 bits per heavy atom. The van der Waals surface area contributed by atoms with E-state index in [4.69, 9.17) is 5.73 Å². The zero-order valence-corrected chi connectivity index (χ0v) is 13.2. The smallest absolute Gasteiger partial charge is 0.0360 e. The Balaban J connectivity index is 2.01. The molecule has 19 heavy (non-hydrogen) atoms. The molecule has 112 valence electrons. The molecule has 1 heterocycles. The van der Waals surface area contributed by atoms with Crippen molar-refractivity contribution in [2.24, 2.45) is 11.7 Å². The Labute approximate surface area is 120 Å². The Hall–Kier alpha value is -0.0800. The largest absolute Gasteiger partial charge is 0.326 e. The topological polar surface area (TPSA) is 29.3 Å². The standard InChI is InChI=1S/C17H34N2/c1-3-9-15(2)14-16(18)17(10-5-6-11-17)19-12-7-4-8-13-19/h15-16H,3-14,18H2,1-2H3. The van der Waals surface area contributed by atoms with E-state index in [0.29, 0.717) is 11.6 Å². The van der Waals surface area contributed by atoms with Crippen LogP contribution in [0.25, 0.3) is 0 Å². The highest BCUT2D eigenvalue weighted by Crippen LogP contribution is 2.40. The summed E-state index contributed by atoms with van der Waals surface area (Å²) in [6.45, 7) is 7.28. The van der Waals surface area contributed by atoms with Crippen molar-refractivity contribution in [1.29, 1.82) is 0 Å². The highest BCUT2D eigenvalue weighted by molar-refractivity contribution is 5.03. The van der Waals surface area contributed by atoms with Gasteiger partial charge in [-0.3, -0.25) is 4.90 Å². The summed E-state index contributed by atoms with van der Waals surface area (Å²) in [4.78, 5) is 2.78. The number of likely N-dealkylation sites (tertiary alicyclic amines) is 1. The summed E-state index contributed by atoms with van der Waals surface area (Å²) in [6.07, 6.45) is 13.6. The molecule has 1 aliphatic heterocycles. The minimum Gasteiger partial charge on any atom is -0.326 e. The summed E-state index contributed by atoms with van der Waals surface area (Å²) in [6, 6.07) is 0.398. The van der Waals surface area contributed by atoms with E-state index in [2.05, 4.69) is 18.7 Å². The van der Waals surface area contributed by atoms with E-state index in [1.807, 2.05) is 0 Å². The van der Waals surface area contributed by atoms with E-state index in [-0.39, 0.29) is 0 Å². The number of hydrogen-bond acceptors (Lipinski definition) is 2. The van der Waals surface area contributed by atoms with Gasteiger partial charge in [-0.25, -0.2) is 0 Å². The van der Waals surface area contributed by atoms with Crippen LogP contribution < -0.4 is 5.73 Å². The number of nitrogens with two attached hydrogens (primary N) is 1. The Kier molecular flexibility index (Phi) is 5.70. The zero-order chi connectivity index (χ0) is 13.7. The van der Waals surface area contributed by atoms with Crippen LogP contribution in [0.4, 0.5) is 0 Å². The maximum atomic E-state index is 6.73. The first-order valence-electron chi connectivity index (χ1n) is 8.69. The fourth-order valence-electron chi connectivity index (χ4n) is 4.51. The Bertz CT molecular complexity index is 252. The van der Waals surface area contributed by atoms with E-state index in [1.165, 1.54) is 77.3 Å². The summed E-state index contributed by atoms with van der Waals surface area (Å²) in [5.74, 6) is 0.794. The molecular weight excluding hydrogens is 232 g/mol. The highest BCUT2D eigenvalue weighted by atomic mass is 15.2. The lowest BCUT2D eigenvalue weighted by Crippen LogP contribution is -2.60. The third kappa shape index (κ3) is 3.52. The normalized spacial score (nSPS) is 27.3. The second-order valence-corrected chi connectivity index (χ2v) is 7.09. The van der Waals surface area contributed by atoms with Crippen LogP contribution in [-0.4, -0.2) is 29.6 Å². The summed E-state index contributed by atoms with van der Waals surface area (Å²) in [5.41, 5.74) is 7.10. The lowest BCUT2D eigenvalue weighted by molar-refractivity contribution is 0.0413. The number of hydrogen-bond donors (Lipinski definition) is 1. The van der Waals surface area contributed by atoms with Crippen LogP contribution in [0.3, 0.4) is 0 Å². The average molecular weight is 266 g/mol. The first kappa shape index (κ1) is 15.3. The van der Waals surface area contributed by atoms with Crippen molar-refractivity contribution in [3.63, 3.8) is 0 Å². The molecule has 0 aromatic heterocycles. The molecule has 2 rings (SSSR count). The molecule has 0 aromatic rings. The summed E-state index contributed by atoms with van der Waals surface area (Å²) >= 11 is 0. The van der Waals surface area contributed by atoms with Gasteiger partial charge in [-0.1, -0.05) is 46.0 Å². The first-order valence-corrected chi connectivity index (χ1v) is 8.69. The molecule has 2 aliphatic rings. The molecule has 2 heteroatoms. The predicted molar refractivity (Wildman–Crippen MR) is 83.3 cm³/mol. The van der Waals surface area contributed by atoms with Gasteiger partial charge in [-0.2, -0.15) is 0 Å². The molecule has 0 aromatic carbocycles. The molecule has 0 radical (unpaired) electrons. The molecule has 0 bridgehead atoms. The van der Waals surface area contributed by atoms with Crippen molar-refractivity contribution >= 4 is 0 Å². The minimum absolute atomic E-state index is 0.364. The average Bonchev–Trinajstić information content (AvgIpc) is 2.90. The van der Waals surface area contributed by atoms with Gasteiger partial charge < -0.3 is 5.73 Å². The van der Waals surface area contributed by atoms with Crippen molar-refractivity contribution in [1.82, 2.24) is 4.90 Å². The summed E-state index contributed by atoms with van der Waals surface area (Å²) in [5, 5.41) is 0. The molecular formula is C17H34N2. The molecule has 1 saturated carbocycles. The van der Waals surface area contributed by atoms with E-state index >= 15 is 0 Å². The molecule has 2 fully saturated rings. The van der Waals surface area contributed by atoms with Gasteiger partial charge in [0.25, 0.3) is 0 Å². The van der Waals surface area contributed by atoms with Crippen molar-refractivity contribution in [2.75, 3.05) is 13.1 Å². The zero-order valence-electron chi connectivity index (χ0n) is 13.2. The van der Waals surface area contributed by atoms with Crippen LogP contribution in [0.2, 0.25) is 0 Å². The van der Waals surface area contributed by atoms with Crippen molar-refractivity contribution in [2.45, 2.75) is 89.6 Å². The second kappa shape index (κ2) is 7.08. The lowest BCUT2D eigenvalue weighted by atomic mass is 9.80. The van der Waals surface area contributed by atoms with Crippen LogP contribution in [-0.2, 0) is 0 Å². The third-order valence-corrected chi connectivity index (χ3v) is 5.58. The molecule has 1 aliphatic carbocycles. The predicted octanol–water partition coefficient (Wildman–Crippen LogP) is 3.94. The van der Waals surface area contributed by atoms with Crippen molar-refractivity contribution < 1.29 is 0 Å². The maximum Gasteiger partial charge on any atom is 0.0360 e. The highest BCUT2D eigenvalue weighted by Gasteiger charge is 2.44. The van der Waals surface area contributed by atoms with Crippen LogP contribution in [0, 0.1) is 5.92 Å². The fraction of sp³-hybridized carbons (Fsp3) is 1.00. The monoisotopic (exact) mass is 266 g/mol. The SMILES string of the molecule is CCCC(C)CC(N)C1(N2CCCCC2)CCCC1. The minimum atomic E-state index is 0.364. The molecule has 2 N–H and O–H groups in total. The molecule has 0 amide bonds. The quantitative estimate of drug-likeness (QED) is 0.789. The Morgan fingerprint density at radius 1 is 1.05 bits per heavy atom. The van der Waals surface area contributed by atoms with Crippen LogP contribution >= 0.6 is 0 Å². The fourth-order valence-corrected chi connectivity index (χ4v) is 4.51. The van der Waals surface area contributed by atoms with Gasteiger partial charge in [-0.05, 0) is 51.1 Å². The van der Waals surface area contributed by atoms with Crippen LogP contribution in [0.5, 0.6) is 0 Å². The molecule has 2 unspecified atom stereocenters. The molecule has 0 spiro atoms. The van der Waals surface area contributed by atoms with Gasteiger partial charge in [0.05, 0.1) is 0 Å². The number of rotatable bonds is 6. The van der Waals surface area contributed by atoms with E-state index in [9.17, 15) is 0 Å². The Morgan fingerprint density at radius 3 is 2.26 bits per heavy atom. The van der Waals surface area contributed by atoms with E-state index in [0.717, 1.165) is 5.92 Å². The van der Waals surface area contributed by atoms with E-state index < -0.39 is 0 Å². The van der Waals surface area contributed by atoms with Gasteiger partial charge >= 0.3 is 0 Å². The van der Waals surface area contributed by atoms with Crippen LogP contribution in [0.15, 0.2) is 0 Å². The van der Waals surface area contributed by atoms with Gasteiger partial charge in [0.2, 0.25) is 0 Å². The van der Waals surface area contributed by atoms with E-state index in [1.54, 1.807) is 0 Å². The third-order valence-electron chi connectivity index (χ3n) is 5.58. The molecule has 2 nitrogen and oxygen atoms in total. The van der Waals surface area contributed by atoms with Crippen molar-refractivity contribution in [3.05, 3.63) is 0 Å². The number of nitrogens with zero attached hydrogens (tertiary/aromatic N) is 1.